The van der Waals surface area contributed by atoms with Crippen LogP contribution < -0.4 is 5.73 Å². The molecule has 0 atom stereocenters. The van der Waals surface area contributed by atoms with E-state index in [1.165, 1.54) is 16.3 Å². The SMILES string of the molecule is COCCOC1=CC=C(n2c3ccccc3c3cc(N)ccc32)C=CC1. The molecule has 26 heavy (non-hydrogen) atoms. The first kappa shape index (κ1) is 16.5. The molecule has 4 nitrogen and oxygen atoms in total. The summed E-state index contributed by atoms with van der Waals surface area (Å²) in [6, 6.07) is 14.5. The number of nitrogen functional groups attached to an aromatic ring is 1. The molecule has 0 spiro atoms. The number of benzene rings is 2. The second-order valence-electron chi connectivity index (χ2n) is 6.30. The van der Waals surface area contributed by atoms with Crippen LogP contribution in [0.15, 0.2) is 72.5 Å². The molecule has 1 aromatic heterocycles. The van der Waals surface area contributed by atoms with E-state index in [2.05, 4.69) is 53.1 Å². The second kappa shape index (κ2) is 7.10. The largest absolute Gasteiger partial charge is 0.495 e. The van der Waals surface area contributed by atoms with Crippen LogP contribution in [-0.2, 0) is 9.47 Å². The minimum absolute atomic E-state index is 0.563. The van der Waals surface area contributed by atoms with Crippen molar-refractivity contribution in [3.05, 3.63) is 72.5 Å². The fraction of sp³-hybridized carbons (Fsp3) is 0.182. The number of nitrogens with zero attached hydrogens (tertiary/aromatic N) is 1. The van der Waals surface area contributed by atoms with Crippen molar-refractivity contribution in [2.75, 3.05) is 26.1 Å². The molecule has 4 rings (SSSR count). The summed E-state index contributed by atoms with van der Waals surface area (Å²) >= 11 is 0. The zero-order chi connectivity index (χ0) is 17.9. The summed E-state index contributed by atoms with van der Waals surface area (Å²) < 4.78 is 13.1. The van der Waals surface area contributed by atoms with E-state index in [1.54, 1.807) is 7.11 Å². The highest BCUT2D eigenvalue weighted by molar-refractivity contribution is 6.11. The lowest BCUT2D eigenvalue weighted by Gasteiger charge is -2.08. The number of ether oxygens (including phenoxy) is 2. The Bertz CT molecular complexity index is 1040. The Morgan fingerprint density at radius 1 is 1.00 bits per heavy atom. The smallest absolute Gasteiger partial charge is 0.111 e. The maximum Gasteiger partial charge on any atom is 0.111 e. The minimum Gasteiger partial charge on any atom is -0.495 e. The van der Waals surface area contributed by atoms with Gasteiger partial charge >= 0.3 is 0 Å². The van der Waals surface area contributed by atoms with E-state index in [1.807, 2.05) is 18.2 Å². The molecular formula is C22H22N2O2. The monoisotopic (exact) mass is 346 g/mol. The highest BCUT2D eigenvalue weighted by atomic mass is 16.5. The Hall–Kier alpha value is -2.98. The predicted molar refractivity (Wildman–Crippen MR) is 108 cm³/mol. The van der Waals surface area contributed by atoms with Gasteiger partial charge in [0.1, 0.15) is 6.61 Å². The van der Waals surface area contributed by atoms with Crippen LogP contribution in [0.1, 0.15) is 6.42 Å². The van der Waals surface area contributed by atoms with Gasteiger partial charge in [-0.1, -0.05) is 24.3 Å². The second-order valence-corrected chi connectivity index (χ2v) is 6.30. The lowest BCUT2D eigenvalue weighted by atomic mass is 10.1. The first-order valence-corrected chi connectivity index (χ1v) is 8.76. The van der Waals surface area contributed by atoms with Gasteiger partial charge < -0.3 is 19.8 Å². The molecule has 1 heterocycles. The van der Waals surface area contributed by atoms with Crippen LogP contribution in [-0.4, -0.2) is 24.9 Å². The number of nitrogens with two attached hydrogens (primary N) is 1. The fourth-order valence-electron chi connectivity index (χ4n) is 3.38. The molecule has 1 aliphatic carbocycles. The number of rotatable bonds is 5. The molecule has 3 aromatic rings. The van der Waals surface area contributed by atoms with Crippen LogP contribution >= 0.6 is 0 Å². The maximum absolute atomic E-state index is 6.03. The van der Waals surface area contributed by atoms with Crippen molar-refractivity contribution < 1.29 is 9.47 Å². The molecule has 0 fully saturated rings. The molecule has 0 aliphatic heterocycles. The molecule has 1 aliphatic rings. The van der Waals surface area contributed by atoms with Crippen LogP contribution in [0, 0.1) is 0 Å². The topological polar surface area (TPSA) is 49.4 Å². The summed E-state index contributed by atoms with van der Waals surface area (Å²) in [5, 5.41) is 2.37. The van der Waals surface area contributed by atoms with E-state index in [0.29, 0.717) is 13.2 Å². The van der Waals surface area contributed by atoms with Gasteiger partial charge in [-0.05, 0) is 42.5 Å². The van der Waals surface area contributed by atoms with Crippen LogP contribution in [0.2, 0.25) is 0 Å². The normalized spacial score (nSPS) is 14.3. The van der Waals surface area contributed by atoms with E-state index in [4.69, 9.17) is 15.2 Å². The lowest BCUT2D eigenvalue weighted by molar-refractivity contribution is 0.108. The van der Waals surface area contributed by atoms with Crippen LogP contribution in [0.4, 0.5) is 5.69 Å². The van der Waals surface area contributed by atoms with E-state index in [0.717, 1.165) is 29.1 Å². The molecule has 0 radical (unpaired) electrons. The van der Waals surface area contributed by atoms with Gasteiger partial charge in [-0.15, -0.1) is 0 Å². The number of hydrogen-bond acceptors (Lipinski definition) is 3. The van der Waals surface area contributed by atoms with Gasteiger partial charge in [-0.2, -0.15) is 0 Å². The number of aromatic nitrogens is 1. The Morgan fingerprint density at radius 2 is 1.85 bits per heavy atom. The van der Waals surface area contributed by atoms with Crippen molar-refractivity contribution in [1.29, 1.82) is 0 Å². The predicted octanol–water partition coefficient (Wildman–Crippen LogP) is 4.72. The van der Waals surface area contributed by atoms with Crippen molar-refractivity contribution in [2.24, 2.45) is 0 Å². The van der Waals surface area contributed by atoms with Crippen molar-refractivity contribution in [1.82, 2.24) is 4.57 Å². The molecule has 0 amide bonds. The number of para-hydroxylation sites is 1. The first-order chi connectivity index (χ1) is 12.8. The summed E-state index contributed by atoms with van der Waals surface area (Å²) in [5.74, 6) is 0.943. The van der Waals surface area contributed by atoms with E-state index in [9.17, 15) is 0 Å². The van der Waals surface area contributed by atoms with Crippen molar-refractivity contribution in [3.8, 4) is 0 Å². The van der Waals surface area contributed by atoms with E-state index < -0.39 is 0 Å². The Labute approximate surface area is 152 Å². The van der Waals surface area contributed by atoms with Gasteiger partial charge in [0, 0.05) is 35.7 Å². The molecule has 0 bridgehead atoms. The standard InChI is InChI=1S/C22H22N2O2/c1-25-13-14-26-18-6-4-5-17(10-11-18)24-21-8-3-2-7-19(21)20-15-16(23)9-12-22(20)24/h2-5,7-12,15H,6,13-14,23H2,1H3. The Balaban J connectivity index is 1.83. The van der Waals surface area contributed by atoms with Gasteiger partial charge in [0.15, 0.2) is 0 Å². The third-order valence-electron chi connectivity index (χ3n) is 4.58. The van der Waals surface area contributed by atoms with E-state index >= 15 is 0 Å². The van der Waals surface area contributed by atoms with Crippen LogP contribution in [0.3, 0.4) is 0 Å². The molecular weight excluding hydrogens is 324 g/mol. The lowest BCUT2D eigenvalue weighted by Crippen LogP contribution is -2.01. The summed E-state index contributed by atoms with van der Waals surface area (Å²) in [6.07, 6.45) is 9.20. The third kappa shape index (κ3) is 3.00. The van der Waals surface area contributed by atoms with Gasteiger partial charge in [0.2, 0.25) is 0 Å². The Kier molecular flexibility index (Phi) is 4.50. The quantitative estimate of drug-likeness (QED) is 0.537. The van der Waals surface area contributed by atoms with Gasteiger partial charge in [0.05, 0.1) is 23.4 Å². The molecule has 4 heteroatoms. The zero-order valence-electron chi connectivity index (χ0n) is 14.8. The summed E-state index contributed by atoms with van der Waals surface area (Å²) in [5.41, 5.74) is 10.2. The maximum atomic E-state index is 6.03. The molecule has 132 valence electrons. The zero-order valence-corrected chi connectivity index (χ0v) is 14.8. The van der Waals surface area contributed by atoms with Crippen LogP contribution in [0.25, 0.3) is 27.5 Å². The van der Waals surface area contributed by atoms with Gasteiger partial charge in [-0.3, -0.25) is 0 Å². The average Bonchev–Trinajstić information content (AvgIpc) is 2.80. The van der Waals surface area contributed by atoms with Crippen molar-refractivity contribution >= 4 is 33.2 Å². The number of fused-ring (bicyclic) bond motifs is 3. The van der Waals surface area contributed by atoms with Gasteiger partial charge in [0.25, 0.3) is 0 Å². The van der Waals surface area contributed by atoms with Gasteiger partial charge in [-0.25, -0.2) is 0 Å². The average molecular weight is 346 g/mol. The Morgan fingerprint density at radius 3 is 2.73 bits per heavy atom. The number of hydrogen-bond donors (Lipinski definition) is 1. The molecule has 0 saturated heterocycles. The highest BCUT2D eigenvalue weighted by Gasteiger charge is 2.13. The molecule has 2 N–H and O–H groups in total. The fourth-order valence-corrected chi connectivity index (χ4v) is 3.38. The molecule has 0 saturated carbocycles. The molecule has 2 aromatic carbocycles. The minimum atomic E-state index is 0.563. The van der Waals surface area contributed by atoms with E-state index in [-0.39, 0.29) is 0 Å². The van der Waals surface area contributed by atoms with Crippen molar-refractivity contribution in [2.45, 2.75) is 6.42 Å². The summed E-state index contributed by atoms with van der Waals surface area (Å²) in [4.78, 5) is 0. The number of methoxy groups -OCH3 is 1. The summed E-state index contributed by atoms with van der Waals surface area (Å²) in [7, 11) is 1.68. The number of allylic oxidation sites excluding steroid dienone is 5. The number of anilines is 1. The molecule has 0 unspecified atom stereocenters. The summed E-state index contributed by atoms with van der Waals surface area (Å²) in [6.45, 7) is 1.15. The van der Waals surface area contributed by atoms with Crippen LogP contribution in [0.5, 0.6) is 0 Å². The van der Waals surface area contributed by atoms with Crippen molar-refractivity contribution in [3.63, 3.8) is 0 Å². The first-order valence-electron chi connectivity index (χ1n) is 8.76. The third-order valence-corrected chi connectivity index (χ3v) is 4.58. The highest BCUT2D eigenvalue weighted by Crippen LogP contribution is 2.33.